The summed E-state index contributed by atoms with van der Waals surface area (Å²) in [6.45, 7) is 0.138. The van der Waals surface area contributed by atoms with Crippen LogP contribution in [0, 0.1) is 5.82 Å². The van der Waals surface area contributed by atoms with E-state index in [2.05, 4.69) is 9.71 Å². The minimum absolute atomic E-state index is 0.00497. The van der Waals surface area contributed by atoms with E-state index in [-0.39, 0.29) is 13.3 Å². The Labute approximate surface area is 120 Å². The first-order chi connectivity index (χ1) is 10.1. The molecule has 0 spiro atoms. The van der Waals surface area contributed by atoms with Crippen LogP contribution in [0.25, 0.3) is 0 Å². The molecule has 110 valence electrons. The molecule has 3 rings (SSSR count). The number of hydrogen-bond donors (Lipinski definition) is 1. The number of pyridine rings is 1. The summed E-state index contributed by atoms with van der Waals surface area (Å²) in [6, 6.07) is 7.42. The van der Waals surface area contributed by atoms with E-state index in [0.29, 0.717) is 17.1 Å². The van der Waals surface area contributed by atoms with Crippen LogP contribution in [0.1, 0.15) is 5.56 Å². The number of nitrogens with one attached hydrogen (secondary N) is 1. The molecule has 0 atom stereocenters. The van der Waals surface area contributed by atoms with Crippen molar-refractivity contribution in [2.45, 2.75) is 11.6 Å². The molecule has 0 saturated heterocycles. The molecule has 1 aromatic carbocycles. The molecule has 0 radical (unpaired) electrons. The minimum Gasteiger partial charge on any atom is -0.454 e. The summed E-state index contributed by atoms with van der Waals surface area (Å²) in [7, 11) is -4.01. The van der Waals surface area contributed by atoms with Gasteiger partial charge in [-0.25, -0.2) is 22.5 Å². The molecule has 0 fully saturated rings. The Hall–Kier alpha value is -2.19. The second-order valence-electron chi connectivity index (χ2n) is 4.30. The van der Waals surface area contributed by atoms with Gasteiger partial charge in [-0.1, -0.05) is 6.07 Å². The van der Waals surface area contributed by atoms with Gasteiger partial charge in [0, 0.05) is 12.7 Å². The average molecular weight is 310 g/mol. The fourth-order valence-corrected chi connectivity index (χ4v) is 2.88. The monoisotopic (exact) mass is 310 g/mol. The summed E-state index contributed by atoms with van der Waals surface area (Å²) in [5.41, 5.74) is 0.666. The van der Waals surface area contributed by atoms with Gasteiger partial charge >= 0.3 is 0 Å². The summed E-state index contributed by atoms with van der Waals surface area (Å²) in [5.74, 6) is 0.267. The number of rotatable bonds is 4. The number of sulfonamides is 1. The van der Waals surface area contributed by atoms with Crippen molar-refractivity contribution >= 4 is 10.0 Å². The maximum Gasteiger partial charge on any atom is 0.261 e. The predicted octanol–water partition coefficient (Wildman–Crippen LogP) is 1.43. The maximum atomic E-state index is 13.5. The molecule has 0 amide bonds. The first kappa shape index (κ1) is 13.8. The Morgan fingerprint density at radius 1 is 1.24 bits per heavy atom. The molecule has 0 aliphatic carbocycles. The number of nitrogens with zero attached hydrogens (tertiary/aromatic N) is 1. The highest BCUT2D eigenvalue weighted by Gasteiger charge is 2.20. The van der Waals surface area contributed by atoms with Crippen LogP contribution in [0.5, 0.6) is 11.5 Å². The lowest BCUT2D eigenvalue weighted by atomic mass is 10.2. The van der Waals surface area contributed by atoms with Crippen molar-refractivity contribution < 1.29 is 22.3 Å². The molecule has 1 aromatic heterocycles. The number of fused-ring (bicyclic) bond motifs is 1. The average Bonchev–Trinajstić information content (AvgIpc) is 2.93. The molecule has 0 unspecified atom stereocenters. The first-order valence-electron chi connectivity index (χ1n) is 6.05. The molecule has 21 heavy (non-hydrogen) atoms. The molecule has 6 nitrogen and oxygen atoms in total. The minimum atomic E-state index is -4.01. The number of hydrogen-bond acceptors (Lipinski definition) is 5. The van der Waals surface area contributed by atoms with E-state index in [1.165, 1.54) is 12.3 Å². The van der Waals surface area contributed by atoms with E-state index in [0.717, 1.165) is 6.07 Å². The van der Waals surface area contributed by atoms with Gasteiger partial charge in [-0.3, -0.25) is 0 Å². The van der Waals surface area contributed by atoms with Crippen molar-refractivity contribution in [3.8, 4) is 11.5 Å². The van der Waals surface area contributed by atoms with Crippen LogP contribution in [0.4, 0.5) is 4.39 Å². The van der Waals surface area contributed by atoms with Gasteiger partial charge in [0.25, 0.3) is 10.0 Å². The molecular weight excluding hydrogens is 299 g/mol. The van der Waals surface area contributed by atoms with Crippen LogP contribution in [0.3, 0.4) is 0 Å². The highest BCUT2D eigenvalue weighted by Crippen LogP contribution is 2.32. The molecule has 2 aromatic rings. The Kier molecular flexibility index (Phi) is 3.48. The van der Waals surface area contributed by atoms with E-state index in [4.69, 9.17) is 9.47 Å². The Morgan fingerprint density at radius 3 is 2.86 bits per heavy atom. The van der Waals surface area contributed by atoms with Crippen molar-refractivity contribution in [3.63, 3.8) is 0 Å². The summed E-state index contributed by atoms with van der Waals surface area (Å²) >= 11 is 0. The predicted molar refractivity (Wildman–Crippen MR) is 70.8 cm³/mol. The highest BCUT2D eigenvalue weighted by atomic mass is 32.2. The van der Waals surface area contributed by atoms with Crippen LogP contribution < -0.4 is 14.2 Å². The first-order valence-corrected chi connectivity index (χ1v) is 7.53. The summed E-state index contributed by atoms with van der Waals surface area (Å²) < 4.78 is 50.1. The van der Waals surface area contributed by atoms with Crippen LogP contribution in [-0.4, -0.2) is 20.2 Å². The summed E-state index contributed by atoms with van der Waals surface area (Å²) in [4.78, 5) is 3.55. The van der Waals surface area contributed by atoms with Gasteiger partial charge in [-0.2, -0.15) is 0 Å². The summed E-state index contributed by atoms with van der Waals surface area (Å²) in [5, 5.41) is -0.620. The van der Waals surface area contributed by atoms with Crippen LogP contribution in [0.2, 0.25) is 0 Å². The molecular formula is C13H11FN2O4S. The highest BCUT2D eigenvalue weighted by molar-refractivity contribution is 7.89. The summed E-state index contributed by atoms with van der Waals surface area (Å²) in [6.07, 6.45) is 1.22. The van der Waals surface area contributed by atoms with Crippen molar-refractivity contribution in [1.82, 2.24) is 9.71 Å². The normalized spacial score (nSPS) is 13.4. The van der Waals surface area contributed by atoms with Gasteiger partial charge in [0.2, 0.25) is 11.8 Å². The van der Waals surface area contributed by atoms with E-state index < -0.39 is 20.9 Å². The van der Waals surface area contributed by atoms with Gasteiger partial charge in [-0.15, -0.1) is 0 Å². The molecule has 8 heteroatoms. The number of aromatic nitrogens is 1. The standard InChI is InChI=1S/C13H11FN2O4S/c14-10-2-1-5-15-13(10)21(17,18)16-7-9-3-4-11-12(6-9)20-8-19-11/h1-6,16H,7-8H2. The molecule has 0 saturated carbocycles. The topological polar surface area (TPSA) is 77.5 Å². The van der Waals surface area contributed by atoms with Crippen molar-refractivity contribution in [2.24, 2.45) is 0 Å². The largest absolute Gasteiger partial charge is 0.454 e. The van der Waals surface area contributed by atoms with E-state index in [9.17, 15) is 12.8 Å². The van der Waals surface area contributed by atoms with E-state index in [1.54, 1.807) is 18.2 Å². The molecule has 1 aliphatic heterocycles. The van der Waals surface area contributed by atoms with Crippen LogP contribution in [0.15, 0.2) is 41.6 Å². The third-order valence-electron chi connectivity index (χ3n) is 2.88. The van der Waals surface area contributed by atoms with Crippen LogP contribution in [-0.2, 0) is 16.6 Å². The molecule has 1 N–H and O–H groups in total. The SMILES string of the molecule is O=S(=O)(NCc1ccc2c(c1)OCO2)c1ncccc1F. The van der Waals surface area contributed by atoms with Gasteiger partial charge < -0.3 is 9.47 Å². The number of ether oxygens (including phenoxy) is 2. The smallest absolute Gasteiger partial charge is 0.261 e. The molecule has 0 bridgehead atoms. The third-order valence-corrected chi connectivity index (χ3v) is 4.22. The van der Waals surface area contributed by atoms with Gasteiger partial charge in [0.1, 0.15) is 0 Å². The lowest BCUT2D eigenvalue weighted by molar-refractivity contribution is 0.174. The fraction of sp³-hybridized carbons (Fsp3) is 0.154. The zero-order valence-corrected chi connectivity index (χ0v) is 11.6. The Balaban J connectivity index is 1.77. The Morgan fingerprint density at radius 2 is 2.05 bits per heavy atom. The number of benzene rings is 1. The van der Waals surface area contributed by atoms with Gasteiger partial charge in [0.15, 0.2) is 17.3 Å². The zero-order valence-electron chi connectivity index (χ0n) is 10.7. The zero-order chi connectivity index (χ0) is 14.9. The van der Waals surface area contributed by atoms with Gasteiger partial charge in [0.05, 0.1) is 0 Å². The van der Waals surface area contributed by atoms with Crippen molar-refractivity contribution in [2.75, 3.05) is 6.79 Å². The van der Waals surface area contributed by atoms with Crippen LogP contribution >= 0.6 is 0 Å². The fourth-order valence-electron chi connectivity index (χ4n) is 1.87. The molecule has 1 aliphatic rings. The maximum absolute atomic E-state index is 13.5. The lowest BCUT2D eigenvalue weighted by Gasteiger charge is -2.07. The van der Waals surface area contributed by atoms with E-state index in [1.807, 2.05) is 0 Å². The lowest BCUT2D eigenvalue weighted by Crippen LogP contribution is -2.25. The second kappa shape index (κ2) is 5.30. The van der Waals surface area contributed by atoms with Crippen molar-refractivity contribution in [3.05, 3.63) is 47.9 Å². The van der Waals surface area contributed by atoms with E-state index >= 15 is 0 Å². The number of halogens is 1. The van der Waals surface area contributed by atoms with Gasteiger partial charge in [-0.05, 0) is 29.8 Å². The Bertz CT molecular complexity index is 779. The second-order valence-corrected chi connectivity index (χ2v) is 5.98. The van der Waals surface area contributed by atoms with Crippen molar-refractivity contribution in [1.29, 1.82) is 0 Å². The molecule has 2 heterocycles. The quantitative estimate of drug-likeness (QED) is 0.924. The third kappa shape index (κ3) is 2.81.